The van der Waals surface area contributed by atoms with Crippen molar-refractivity contribution >= 4 is 5.97 Å². The number of hydrogen-bond acceptors (Lipinski definition) is 3. The predicted molar refractivity (Wildman–Crippen MR) is 77.9 cm³/mol. The molecule has 1 aliphatic rings. The normalized spacial score (nSPS) is 19.4. The van der Waals surface area contributed by atoms with Gasteiger partial charge in [-0.25, -0.2) is 4.39 Å². The van der Waals surface area contributed by atoms with Gasteiger partial charge in [0.2, 0.25) is 0 Å². The van der Waals surface area contributed by atoms with Crippen LogP contribution in [0.4, 0.5) is 4.39 Å². The molecule has 4 nitrogen and oxygen atoms in total. The molecule has 0 aliphatic carbocycles. The minimum atomic E-state index is -0.770. The van der Waals surface area contributed by atoms with Crippen molar-refractivity contribution in [2.24, 2.45) is 0 Å². The van der Waals surface area contributed by atoms with Gasteiger partial charge in [-0.05, 0) is 31.9 Å². The summed E-state index contributed by atoms with van der Waals surface area (Å²) in [5.41, 5.74) is 0.608. The van der Waals surface area contributed by atoms with Gasteiger partial charge in [0.25, 0.3) is 0 Å². The molecule has 0 spiro atoms. The number of piperidine rings is 1. The van der Waals surface area contributed by atoms with Crippen molar-refractivity contribution in [1.82, 2.24) is 4.90 Å². The molecule has 0 radical (unpaired) electrons. The molecule has 1 N–H and O–H groups in total. The Bertz CT molecular complexity index is 492. The van der Waals surface area contributed by atoms with Crippen LogP contribution in [0.2, 0.25) is 0 Å². The lowest BCUT2D eigenvalue weighted by Gasteiger charge is -2.35. The van der Waals surface area contributed by atoms with Gasteiger partial charge in [0.05, 0.1) is 7.11 Å². The fourth-order valence-electron chi connectivity index (χ4n) is 2.94. The molecule has 2 rings (SSSR count). The smallest absolute Gasteiger partial charge is 0.303 e. The molecule has 0 saturated carbocycles. The number of carboxylic acid groups (broad SMARTS) is 1. The maximum absolute atomic E-state index is 14.2. The molecule has 0 bridgehead atoms. The van der Waals surface area contributed by atoms with E-state index in [1.165, 1.54) is 7.11 Å². The fourth-order valence-corrected chi connectivity index (χ4v) is 2.94. The lowest BCUT2D eigenvalue weighted by atomic mass is 9.97. The number of rotatable bonds is 6. The molecule has 21 heavy (non-hydrogen) atoms. The average Bonchev–Trinajstić information content (AvgIpc) is 2.48. The molecule has 0 aromatic heterocycles. The number of ether oxygens (including phenoxy) is 1. The van der Waals surface area contributed by atoms with Crippen LogP contribution < -0.4 is 4.74 Å². The Morgan fingerprint density at radius 3 is 3.00 bits per heavy atom. The molecule has 0 amide bonds. The lowest BCUT2D eigenvalue weighted by Crippen LogP contribution is -2.39. The highest BCUT2D eigenvalue weighted by atomic mass is 19.1. The number of carbonyl (C=O) groups is 1. The van der Waals surface area contributed by atoms with E-state index in [0.717, 1.165) is 25.8 Å². The van der Waals surface area contributed by atoms with Gasteiger partial charge in [0.1, 0.15) is 0 Å². The van der Waals surface area contributed by atoms with E-state index in [9.17, 15) is 9.18 Å². The van der Waals surface area contributed by atoms with Gasteiger partial charge in [-0.1, -0.05) is 18.6 Å². The maximum atomic E-state index is 14.2. The first kappa shape index (κ1) is 15.8. The van der Waals surface area contributed by atoms with E-state index < -0.39 is 5.97 Å². The number of methoxy groups -OCH3 is 1. The molecule has 5 heteroatoms. The summed E-state index contributed by atoms with van der Waals surface area (Å²) in [6, 6.07) is 5.38. The number of halogens is 1. The summed E-state index contributed by atoms with van der Waals surface area (Å²) in [5.74, 6) is -0.831. The first-order valence-electron chi connectivity index (χ1n) is 7.39. The third-order valence-electron chi connectivity index (χ3n) is 4.08. The Morgan fingerprint density at radius 1 is 1.48 bits per heavy atom. The zero-order valence-electron chi connectivity index (χ0n) is 12.3. The van der Waals surface area contributed by atoms with E-state index in [1.807, 2.05) is 0 Å². The molecule has 116 valence electrons. The Labute approximate surface area is 124 Å². The Hall–Kier alpha value is -1.62. The van der Waals surface area contributed by atoms with E-state index in [0.29, 0.717) is 18.5 Å². The van der Waals surface area contributed by atoms with Crippen LogP contribution in [-0.4, -0.2) is 35.7 Å². The lowest BCUT2D eigenvalue weighted by molar-refractivity contribution is -0.137. The third-order valence-corrected chi connectivity index (χ3v) is 4.08. The maximum Gasteiger partial charge on any atom is 0.303 e. The van der Waals surface area contributed by atoms with E-state index in [4.69, 9.17) is 9.84 Å². The first-order chi connectivity index (χ1) is 10.1. The quantitative estimate of drug-likeness (QED) is 0.876. The van der Waals surface area contributed by atoms with E-state index in [-0.39, 0.29) is 24.0 Å². The van der Waals surface area contributed by atoms with Crippen LogP contribution in [0.5, 0.6) is 5.75 Å². The van der Waals surface area contributed by atoms with Crippen LogP contribution in [0.1, 0.15) is 37.7 Å². The Balaban J connectivity index is 2.06. The molecule has 1 heterocycles. The summed E-state index contributed by atoms with van der Waals surface area (Å²) < 4.78 is 19.2. The van der Waals surface area contributed by atoms with Gasteiger partial charge < -0.3 is 9.84 Å². The van der Waals surface area contributed by atoms with Crippen molar-refractivity contribution < 1.29 is 19.0 Å². The van der Waals surface area contributed by atoms with Crippen molar-refractivity contribution in [2.45, 2.75) is 44.7 Å². The molecule has 1 unspecified atom stereocenters. The van der Waals surface area contributed by atoms with Crippen molar-refractivity contribution in [1.29, 1.82) is 0 Å². The van der Waals surface area contributed by atoms with E-state index >= 15 is 0 Å². The Kier molecular flexibility index (Phi) is 5.56. The van der Waals surface area contributed by atoms with E-state index in [1.54, 1.807) is 18.2 Å². The second kappa shape index (κ2) is 7.41. The average molecular weight is 295 g/mol. The number of nitrogens with zero attached hydrogens (tertiary/aromatic N) is 1. The van der Waals surface area contributed by atoms with Crippen LogP contribution in [0.15, 0.2) is 18.2 Å². The molecule has 1 fully saturated rings. The standard InChI is InChI=1S/C16H22FNO3/c1-21-14-7-4-5-12(16(14)17)11-18-10-3-2-6-13(18)8-9-15(19)20/h4-5,7,13H,2-3,6,8-11H2,1H3,(H,19,20). The number of aliphatic carboxylic acids is 1. The minimum absolute atomic E-state index is 0.168. The summed E-state index contributed by atoms with van der Waals surface area (Å²) in [6.07, 6.45) is 3.97. The van der Waals surface area contributed by atoms with Crippen molar-refractivity contribution in [2.75, 3.05) is 13.7 Å². The molecule has 1 aliphatic heterocycles. The molecular formula is C16H22FNO3. The SMILES string of the molecule is COc1cccc(CN2CCCCC2CCC(=O)O)c1F. The van der Waals surface area contributed by atoms with Gasteiger partial charge in [0, 0.05) is 24.6 Å². The summed E-state index contributed by atoms with van der Waals surface area (Å²) in [7, 11) is 1.46. The van der Waals surface area contributed by atoms with Crippen LogP contribution in [0.25, 0.3) is 0 Å². The minimum Gasteiger partial charge on any atom is -0.494 e. The predicted octanol–water partition coefficient (Wildman–Crippen LogP) is 3.05. The van der Waals surface area contributed by atoms with Crippen molar-refractivity contribution in [3.05, 3.63) is 29.6 Å². The highest BCUT2D eigenvalue weighted by Gasteiger charge is 2.24. The molecule has 1 atom stereocenters. The first-order valence-corrected chi connectivity index (χ1v) is 7.39. The van der Waals surface area contributed by atoms with Crippen LogP contribution in [0, 0.1) is 5.82 Å². The molecule has 1 aromatic carbocycles. The number of likely N-dealkylation sites (tertiary alicyclic amines) is 1. The summed E-state index contributed by atoms with van der Waals surface area (Å²) in [5, 5.41) is 8.84. The zero-order chi connectivity index (χ0) is 15.2. The largest absolute Gasteiger partial charge is 0.494 e. The van der Waals surface area contributed by atoms with Crippen molar-refractivity contribution in [3.8, 4) is 5.75 Å². The van der Waals surface area contributed by atoms with Gasteiger partial charge in [0.15, 0.2) is 11.6 Å². The summed E-state index contributed by atoms with van der Waals surface area (Å²) in [6.45, 7) is 1.40. The molecule has 1 aromatic rings. The molecular weight excluding hydrogens is 273 g/mol. The van der Waals surface area contributed by atoms with Crippen LogP contribution in [-0.2, 0) is 11.3 Å². The highest BCUT2D eigenvalue weighted by molar-refractivity contribution is 5.66. The Morgan fingerprint density at radius 2 is 2.29 bits per heavy atom. The van der Waals surface area contributed by atoms with Crippen LogP contribution in [0.3, 0.4) is 0 Å². The number of hydrogen-bond donors (Lipinski definition) is 1. The van der Waals surface area contributed by atoms with Gasteiger partial charge in [-0.3, -0.25) is 9.69 Å². The van der Waals surface area contributed by atoms with Gasteiger partial charge >= 0.3 is 5.97 Å². The zero-order valence-corrected chi connectivity index (χ0v) is 12.3. The monoisotopic (exact) mass is 295 g/mol. The van der Waals surface area contributed by atoms with E-state index in [2.05, 4.69) is 4.90 Å². The summed E-state index contributed by atoms with van der Waals surface area (Å²) >= 11 is 0. The second-order valence-electron chi connectivity index (χ2n) is 5.49. The molecule has 1 saturated heterocycles. The van der Waals surface area contributed by atoms with Crippen molar-refractivity contribution in [3.63, 3.8) is 0 Å². The topological polar surface area (TPSA) is 49.8 Å². The summed E-state index contributed by atoms with van der Waals surface area (Å²) in [4.78, 5) is 12.9. The third kappa shape index (κ3) is 4.17. The fraction of sp³-hybridized carbons (Fsp3) is 0.562. The van der Waals surface area contributed by atoms with Gasteiger partial charge in [-0.15, -0.1) is 0 Å². The van der Waals surface area contributed by atoms with Gasteiger partial charge in [-0.2, -0.15) is 0 Å². The van der Waals surface area contributed by atoms with Crippen LogP contribution >= 0.6 is 0 Å². The number of benzene rings is 1. The highest BCUT2D eigenvalue weighted by Crippen LogP contribution is 2.26. The number of carboxylic acids is 1. The second-order valence-corrected chi connectivity index (χ2v) is 5.49.